The second-order valence-electron chi connectivity index (χ2n) is 7.97. The van der Waals surface area contributed by atoms with Gasteiger partial charge in [0.15, 0.2) is 11.6 Å². The van der Waals surface area contributed by atoms with Crippen LogP contribution in [0, 0.1) is 5.92 Å². The molecule has 2 fully saturated rings. The highest BCUT2D eigenvalue weighted by Gasteiger charge is 2.53. The Hall–Kier alpha value is -2.50. The van der Waals surface area contributed by atoms with E-state index in [1.807, 2.05) is 0 Å². The third-order valence-electron chi connectivity index (χ3n) is 5.77. The second-order valence-corrected chi connectivity index (χ2v) is 8.88. The molecule has 2 aliphatic heterocycles. The van der Waals surface area contributed by atoms with Crippen molar-refractivity contribution in [1.82, 2.24) is 15.5 Å². The van der Waals surface area contributed by atoms with E-state index in [0.717, 1.165) is 4.47 Å². The van der Waals surface area contributed by atoms with Gasteiger partial charge >= 0.3 is 6.09 Å². The Bertz CT molecular complexity index is 886. The van der Waals surface area contributed by atoms with E-state index in [4.69, 9.17) is 14.6 Å². The summed E-state index contributed by atoms with van der Waals surface area (Å²) in [5.41, 5.74) is 0.453. The molecular weight excluding hydrogens is 486 g/mol. The number of carbonyl (C=O) groups is 4. The van der Waals surface area contributed by atoms with E-state index in [1.54, 1.807) is 38.1 Å². The summed E-state index contributed by atoms with van der Waals surface area (Å²) in [5, 5.41) is 13.8. The summed E-state index contributed by atoms with van der Waals surface area (Å²) in [6.07, 6.45) is -1.11. The van der Waals surface area contributed by atoms with Crippen molar-refractivity contribution in [2.24, 2.45) is 5.92 Å². The molecule has 3 rings (SSSR count). The Morgan fingerprint density at radius 2 is 1.81 bits per heavy atom. The summed E-state index contributed by atoms with van der Waals surface area (Å²) in [6, 6.07) is 5.20. The SMILES string of the molecule is CC(NC(=O)O)[C@H](C)C(=O)N1CC2(C[C@H]1C(=O)NCC(=O)c1ccc(Br)cc1)OCCO2. The molecular formula is C21H26BrN3O7. The van der Waals surface area contributed by atoms with E-state index in [0.29, 0.717) is 18.8 Å². The highest BCUT2D eigenvalue weighted by molar-refractivity contribution is 9.10. The Morgan fingerprint density at radius 1 is 1.19 bits per heavy atom. The topological polar surface area (TPSA) is 134 Å². The number of nitrogens with one attached hydrogen (secondary N) is 2. The quantitative estimate of drug-likeness (QED) is 0.470. The largest absolute Gasteiger partial charge is 0.465 e. The van der Waals surface area contributed by atoms with Crippen molar-refractivity contribution in [3.63, 3.8) is 0 Å². The van der Waals surface area contributed by atoms with Crippen LogP contribution in [-0.4, -0.2) is 77.9 Å². The molecule has 1 spiro atoms. The van der Waals surface area contributed by atoms with Crippen LogP contribution < -0.4 is 10.6 Å². The number of Topliss-reactive ketones (excluding diaryl/α,β-unsaturated/α-hetero) is 1. The normalized spacial score (nSPS) is 21.2. The van der Waals surface area contributed by atoms with Crippen molar-refractivity contribution in [3.05, 3.63) is 34.3 Å². The number of nitrogens with zero attached hydrogens (tertiary/aromatic N) is 1. The smallest absolute Gasteiger partial charge is 0.404 e. The molecule has 10 nitrogen and oxygen atoms in total. The lowest BCUT2D eigenvalue weighted by molar-refractivity contribution is -0.154. The highest BCUT2D eigenvalue weighted by atomic mass is 79.9. The maximum Gasteiger partial charge on any atom is 0.404 e. The van der Waals surface area contributed by atoms with E-state index >= 15 is 0 Å². The van der Waals surface area contributed by atoms with Gasteiger partial charge in [-0.3, -0.25) is 14.4 Å². The molecule has 0 bridgehead atoms. The maximum atomic E-state index is 13.1. The van der Waals surface area contributed by atoms with Gasteiger partial charge in [0.25, 0.3) is 0 Å². The van der Waals surface area contributed by atoms with Gasteiger partial charge in [-0.2, -0.15) is 0 Å². The molecule has 3 atom stereocenters. The molecule has 32 heavy (non-hydrogen) atoms. The van der Waals surface area contributed by atoms with E-state index < -0.39 is 41.7 Å². The molecule has 1 aromatic rings. The maximum absolute atomic E-state index is 13.1. The molecule has 3 amide bonds. The van der Waals surface area contributed by atoms with Gasteiger partial charge in [0.05, 0.1) is 32.2 Å². The Labute approximate surface area is 193 Å². The van der Waals surface area contributed by atoms with Crippen LogP contribution in [0.25, 0.3) is 0 Å². The first-order valence-electron chi connectivity index (χ1n) is 10.3. The predicted molar refractivity (Wildman–Crippen MR) is 116 cm³/mol. The number of hydrogen-bond donors (Lipinski definition) is 3. The summed E-state index contributed by atoms with van der Waals surface area (Å²) in [5.74, 6) is -2.96. The average Bonchev–Trinajstić information content (AvgIpc) is 3.37. The number of halogens is 1. The van der Waals surface area contributed by atoms with E-state index in [1.165, 1.54) is 4.90 Å². The van der Waals surface area contributed by atoms with Crippen LogP contribution in [0.1, 0.15) is 30.6 Å². The number of ether oxygens (including phenoxy) is 2. The van der Waals surface area contributed by atoms with Crippen molar-refractivity contribution >= 4 is 39.6 Å². The Balaban J connectivity index is 1.70. The van der Waals surface area contributed by atoms with Crippen LogP contribution in [0.15, 0.2) is 28.7 Å². The minimum Gasteiger partial charge on any atom is -0.465 e. The monoisotopic (exact) mass is 511 g/mol. The van der Waals surface area contributed by atoms with Gasteiger partial charge in [0.1, 0.15) is 6.04 Å². The molecule has 3 N–H and O–H groups in total. The van der Waals surface area contributed by atoms with Crippen molar-refractivity contribution in [2.75, 3.05) is 26.3 Å². The fraction of sp³-hybridized carbons (Fsp3) is 0.524. The van der Waals surface area contributed by atoms with Gasteiger partial charge in [-0.25, -0.2) is 4.79 Å². The minimum atomic E-state index is -1.24. The number of carbonyl (C=O) groups excluding carboxylic acids is 3. The molecule has 0 aromatic heterocycles. The van der Waals surface area contributed by atoms with E-state index in [-0.39, 0.29) is 25.3 Å². The van der Waals surface area contributed by atoms with Crippen LogP contribution >= 0.6 is 15.9 Å². The number of ketones is 1. The lowest BCUT2D eigenvalue weighted by atomic mass is 10.0. The number of carboxylic acid groups (broad SMARTS) is 1. The molecule has 11 heteroatoms. The minimum absolute atomic E-state index is 0.0503. The van der Waals surface area contributed by atoms with Crippen LogP contribution in [0.4, 0.5) is 4.79 Å². The van der Waals surface area contributed by atoms with Crippen LogP contribution in [0.5, 0.6) is 0 Å². The molecule has 2 heterocycles. The van der Waals surface area contributed by atoms with Crippen LogP contribution in [-0.2, 0) is 19.1 Å². The van der Waals surface area contributed by atoms with Gasteiger partial charge in [-0.05, 0) is 19.1 Å². The fourth-order valence-corrected chi connectivity index (χ4v) is 4.09. The van der Waals surface area contributed by atoms with Crippen LogP contribution in [0.2, 0.25) is 0 Å². The average molecular weight is 512 g/mol. The van der Waals surface area contributed by atoms with Gasteiger partial charge in [0.2, 0.25) is 11.8 Å². The first-order valence-corrected chi connectivity index (χ1v) is 11.1. The first-order chi connectivity index (χ1) is 15.1. The van der Waals surface area contributed by atoms with Gasteiger partial charge in [0, 0.05) is 22.5 Å². The van der Waals surface area contributed by atoms with E-state index in [9.17, 15) is 19.2 Å². The number of benzene rings is 1. The number of hydrogen-bond acceptors (Lipinski definition) is 6. The number of rotatable bonds is 7. The molecule has 0 saturated carbocycles. The Morgan fingerprint density at radius 3 is 2.41 bits per heavy atom. The zero-order valence-electron chi connectivity index (χ0n) is 17.8. The second kappa shape index (κ2) is 9.97. The van der Waals surface area contributed by atoms with Crippen LogP contribution in [0.3, 0.4) is 0 Å². The molecule has 0 aliphatic carbocycles. The molecule has 0 radical (unpaired) electrons. The van der Waals surface area contributed by atoms with Crippen molar-refractivity contribution in [2.45, 2.75) is 38.1 Å². The summed E-state index contributed by atoms with van der Waals surface area (Å²) in [6.45, 7) is 3.71. The predicted octanol–water partition coefficient (Wildman–Crippen LogP) is 1.38. The summed E-state index contributed by atoms with van der Waals surface area (Å²) >= 11 is 3.31. The fourth-order valence-electron chi connectivity index (χ4n) is 3.83. The van der Waals surface area contributed by atoms with E-state index in [2.05, 4.69) is 26.6 Å². The lowest BCUT2D eigenvalue weighted by Crippen LogP contribution is -2.51. The van der Waals surface area contributed by atoms with Crippen molar-refractivity contribution in [1.29, 1.82) is 0 Å². The van der Waals surface area contributed by atoms with Gasteiger partial charge < -0.3 is 30.1 Å². The molecule has 2 aliphatic rings. The Kier molecular flexibility index (Phi) is 7.52. The third kappa shape index (κ3) is 5.45. The van der Waals surface area contributed by atoms with Crippen molar-refractivity contribution in [3.8, 4) is 0 Å². The summed E-state index contributed by atoms with van der Waals surface area (Å²) in [7, 11) is 0. The highest BCUT2D eigenvalue weighted by Crippen LogP contribution is 2.35. The molecule has 1 aromatic carbocycles. The lowest BCUT2D eigenvalue weighted by Gasteiger charge is -2.29. The summed E-state index contributed by atoms with van der Waals surface area (Å²) < 4.78 is 12.2. The standard InChI is InChI=1S/C21H26BrN3O7/c1-12(13(2)24-20(29)30)19(28)25-11-21(31-7-8-32-21)9-16(25)18(27)23-10-17(26)14-3-5-15(22)6-4-14/h3-6,12-13,16,24H,7-11H2,1-2H3,(H,23,27)(H,29,30)/t12-,13?,16-/m0/s1. The zero-order valence-corrected chi connectivity index (χ0v) is 19.4. The zero-order chi connectivity index (χ0) is 23.5. The van der Waals surface area contributed by atoms with Gasteiger partial charge in [-0.15, -0.1) is 0 Å². The molecule has 1 unspecified atom stereocenters. The number of amides is 3. The summed E-state index contributed by atoms with van der Waals surface area (Å²) in [4.78, 5) is 50.8. The first kappa shape index (κ1) is 24.1. The molecule has 174 valence electrons. The van der Waals surface area contributed by atoms with Crippen molar-refractivity contribution < 1.29 is 33.8 Å². The molecule has 2 saturated heterocycles. The third-order valence-corrected chi connectivity index (χ3v) is 6.30. The number of likely N-dealkylation sites (tertiary alicyclic amines) is 1. The van der Waals surface area contributed by atoms with Gasteiger partial charge in [-0.1, -0.05) is 35.0 Å².